The molecule has 9 amide bonds. The molecule has 0 saturated carbocycles. The van der Waals surface area contributed by atoms with Gasteiger partial charge in [0.2, 0.25) is 41.4 Å². The Balaban J connectivity index is 1.44. The highest BCUT2D eigenvalue weighted by atomic mass is 35.5. The third-order valence-corrected chi connectivity index (χ3v) is 12.8. The third-order valence-electron chi connectivity index (χ3n) is 11.0. The quantitative estimate of drug-likeness (QED) is 0.0309. The van der Waals surface area contributed by atoms with Crippen LogP contribution in [0.15, 0.2) is 24.3 Å². The summed E-state index contributed by atoms with van der Waals surface area (Å²) in [6.45, 7) is 2.86. The summed E-state index contributed by atoms with van der Waals surface area (Å²) in [5, 5.41) is 11.7. The molecule has 18 nitrogen and oxygen atoms in total. The first-order valence-corrected chi connectivity index (χ1v) is 24.3. The smallest absolute Gasteiger partial charge is 0.315 e. The van der Waals surface area contributed by atoms with E-state index in [2.05, 4.69) is 32.1 Å². The van der Waals surface area contributed by atoms with Gasteiger partial charge in [-0.25, -0.2) is 4.79 Å². The highest BCUT2D eigenvalue weighted by molar-refractivity contribution is 8.00. The summed E-state index contributed by atoms with van der Waals surface area (Å²) in [4.78, 5) is 109. The Hall–Kier alpha value is -4.93. The number of primary amides is 1. The molecule has 3 rings (SSSR count). The maximum Gasteiger partial charge on any atom is 0.315 e. The Morgan fingerprint density at radius 1 is 0.785 bits per heavy atom. The van der Waals surface area contributed by atoms with Crippen LogP contribution in [0.25, 0.3) is 0 Å². The SMILES string of the molecule is C#CCN(CC(=O)N(CCNC(=O)CCCC[C@H]1SC[C@H]2NC(=O)N[C@H]21)CC(N)=O)C(=O)CN(CCC)C(=O)CN(CCNC(=O)CCCc1ccc(N(CCCl)CCCl)cc1)C(C)=O. The third kappa shape index (κ3) is 19.6. The maximum absolute atomic E-state index is 13.6. The van der Waals surface area contributed by atoms with Gasteiger partial charge in [-0.2, -0.15) is 11.8 Å². The molecule has 1 aromatic rings. The summed E-state index contributed by atoms with van der Waals surface area (Å²) in [6, 6.07) is 8.16. The van der Waals surface area contributed by atoms with E-state index in [0.29, 0.717) is 55.8 Å². The van der Waals surface area contributed by atoms with Gasteiger partial charge in [0.1, 0.15) is 6.54 Å². The molecular formula is C44H66Cl2N10O8S. The summed E-state index contributed by atoms with van der Waals surface area (Å²) in [6.07, 6.45) is 10.2. The topological polar surface area (TPSA) is 227 Å². The minimum absolute atomic E-state index is 0.0385. The number of aryl methyl sites for hydroxylation is 1. The molecule has 2 aliphatic heterocycles. The number of halogens is 2. The molecule has 0 aromatic heterocycles. The van der Waals surface area contributed by atoms with Crippen LogP contribution in [0.4, 0.5) is 10.5 Å². The first kappa shape index (κ1) is 54.4. The fourth-order valence-corrected chi connectivity index (χ4v) is 9.49. The Kier molecular flexibility index (Phi) is 24.8. The van der Waals surface area contributed by atoms with Crippen LogP contribution in [-0.4, -0.2) is 180 Å². The van der Waals surface area contributed by atoms with Gasteiger partial charge in [-0.1, -0.05) is 31.4 Å². The number of terminal acetylenes is 1. The number of thioether (sulfide) groups is 1. The summed E-state index contributed by atoms with van der Waals surface area (Å²) in [5.41, 5.74) is 7.54. The Bertz CT molecular complexity index is 1800. The van der Waals surface area contributed by atoms with E-state index in [1.54, 1.807) is 0 Å². The van der Waals surface area contributed by atoms with Gasteiger partial charge in [0.15, 0.2) is 0 Å². The lowest BCUT2D eigenvalue weighted by Crippen LogP contribution is -2.51. The van der Waals surface area contributed by atoms with E-state index in [9.17, 15) is 38.4 Å². The van der Waals surface area contributed by atoms with Gasteiger partial charge in [-0.15, -0.1) is 29.6 Å². The van der Waals surface area contributed by atoms with E-state index in [0.717, 1.165) is 39.6 Å². The van der Waals surface area contributed by atoms with Gasteiger partial charge < -0.3 is 51.5 Å². The largest absolute Gasteiger partial charge is 0.369 e. The minimum atomic E-state index is -0.790. The van der Waals surface area contributed by atoms with Crippen molar-refractivity contribution >= 4 is 88.0 Å². The van der Waals surface area contributed by atoms with Crippen LogP contribution in [0.3, 0.4) is 0 Å². The zero-order valence-corrected chi connectivity index (χ0v) is 40.0. The van der Waals surface area contributed by atoms with Crippen molar-refractivity contribution in [1.29, 1.82) is 0 Å². The number of urea groups is 1. The zero-order valence-electron chi connectivity index (χ0n) is 37.6. The van der Waals surface area contributed by atoms with Crippen molar-refractivity contribution in [2.24, 2.45) is 5.73 Å². The number of nitrogens with two attached hydrogens (primary N) is 1. The second kappa shape index (κ2) is 29.6. The highest BCUT2D eigenvalue weighted by Crippen LogP contribution is 2.33. The van der Waals surface area contributed by atoms with Crippen LogP contribution in [0, 0.1) is 12.3 Å². The molecule has 1 aromatic carbocycles. The van der Waals surface area contributed by atoms with Gasteiger partial charge >= 0.3 is 6.03 Å². The van der Waals surface area contributed by atoms with Gasteiger partial charge in [0, 0.05) is 94.0 Å². The number of unbranched alkanes of at least 4 members (excludes halogenated alkanes) is 1. The molecular weight excluding hydrogens is 900 g/mol. The minimum Gasteiger partial charge on any atom is -0.369 e. The number of amides is 9. The second-order valence-corrected chi connectivity index (χ2v) is 18.0. The summed E-state index contributed by atoms with van der Waals surface area (Å²) < 4.78 is 0. The predicted molar refractivity (Wildman–Crippen MR) is 253 cm³/mol. The Morgan fingerprint density at radius 2 is 1.35 bits per heavy atom. The van der Waals surface area contributed by atoms with Crippen LogP contribution in [0.5, 0.6) is 0 Å². The molecule has 65 heavy (non-hydrogen) atoms. The molecule has 0 bridgehead atoms. The standard InChI is InChI=1S/C44H66Cl2N10O8S/c1-4-21-54(40(61)28-53(32(3)57)25-19-48-39(60)12-8-9-33-13-15-34(16-14-33)52(23-17-45)24-18-46)29-41(62)55(22-5-2)30-42(63)56(27-37(47)58)26-20-49-38(59)11-7-6-10-36-43-35(31-65-36)50-44(64)51-43/h2,13-16,35-36,43H,4,6-12,17-31H2,1,3H3,(H2,47,58)(H,48,60)(H,49,59)(H2,50,51,64)/t35-,36-,43-/m1/s1. The molecule has 3 atom stereocenters. The van der Waals surface area contributed by atoms with Crippen LogP contribution in [0.1, 0.15) is 64.4 Å². The average molecular weight is 966 g/mol. The fourth-order valence-electron chi connectivity index (χ4n) is 7.53. The molecule has 21 heteroatoms. The van der Waals surface area contributed by atoms with E-state index in [-0.39, 0.29) is 88.6 Å². The number of nitrogens with zero attached hydrogens (tertiary/aromatic N) is 5. The molecule has 0 radical (unpaired) electrons. The van der Waals surface area contributed by atoms with Crippen LogP contribution < -0.4 is 31.9 Å². The van der Waals surface area contributed by atoms with E-state index < -0.39 is 49.2 Å². The lowest BCUT2D eigenvalue weighted by Gasteiger charge is -2.30. The van der Waals surface area contributed by atoms with Crippen molar-refractivity contribution in [2.45, 2.75) is 82.5 Å². The van der Waals surface area contributed by atoms with E-state index in [4.69, 9.17) is 35.4 Å². The molecule has 2 aliphatic rings. The van der Waals surface area contributed by atoms with Gasteiger partial charge in [0.05, 0.1) is 38.3 Å². The van der Waals surface area contributed by atoms with Gasteiger partial charge in [-0.05, 0) is 49.8 Å². The number of carbonyl (C=O) groups excluding carboxylic acids is 8. The number of carbonyl (C=O) groups is 8. The number of benzene rings is 1. The number of alkyl halides is 2. The zero-order chi connectivity index (χ0) is 47.7. The average Bonchev–Trinajstić information content (AvgIpc) is 3.82. The highest BCUT2D eigenvalue weighted by Gasteiger charge is 2.42. The molecule has 0 spiro atoms. The first-order chi connectivity index (χ1) is 31.2. The van der Waals surface area contributed by atoms with Crippen molar-refractivity contribution in [1.82, 2.24) is 40.9 Å². The fraction of sp³-hybridized carbons (Fsp3) is 0.636. The lowest BCUT2D eigenvalue weighted by molar-refractivity contribution is -0.145. The number of rotatable bonds is 31. The molecule has 0 aliphatic carbocycles. The van der Waals surface area contributed by atoms with Crippen molar-refractivity contribution in [3.63, 3.8) is 0 Å². The number of nitrogens with one attached hydrogen (secondary N) is 4. The molecule has 360 valence electrons. The summed E-state index contributed by atoms with van der Waals surface area (Å²) in [7, 11) is 0. The normalized spacial score (nSPS) is 16.0. The van der Waals surface area contributed by atoms with Crippen molar-refractivity contribution < 1.29 is 38.4 Å². The van der Waals surface area contributed by atoms with Crippen molar-refractivity contribution in [3.05, 3.63) is 29.8 Å². The van der Waals surface area contributed by atoms with E-state index >= 15 is 0 Å². The van der Waals surface area contributed by atoms with E-state index in [1.807, 2.05) is 43.0 Å². The maximum atomic E-state index is 13.6. The Labute approximate surface area is 397 Å². The monoisotopic (exact) mass is 964 g/mol. The van der Waals surface area contributed by atoms with Gasteiger partial charge in [0.25, 0.3) is 0 Å². The van der Waals surface area contributed by atoms with Crippen molar-refractivity contribution in [2.75, 3.05) is 101 Å². The number of hydrogen-bond donors (Lipinski definition) is 5. The Morgan fingerprint density at radius 3 is 1.94 bits per heavy atom. The van der Waals surface area contributed by atoms with E-state index in [1.165, 1.54) is 16.7 Å². The molecule has 6 N–H and O–H groups in total. The van der Waals surface area contributed by atoms with Crippen LogP contribution >= 0.6 is 35.0 Å². The molecule has 2 fully saturated rings. The molecule has 2 saturated heterocycles. The second-order valence-electron chi connectivity index (χ2n) is 15.9. The van der Waals surface area contributed by atoms with Crippen LogP contribution in [0.2, 0.25) is 0 Å². The summed E-state index contributed by atoms with van der Waals surface area (Å²) in [5.74, 6) is 0.838. The first-order valence-electron chi connectivity index (χ1n) is 22.2. The number of anilines is 1. The molecule has 2 heterocycles. The lowest BCUT2D eigenvalue weighted by atomic mass is 10.0. The predicted octanol–water partition coefficient (Wildman–Crippen LogP) is 1.11. The van der Waals surface area contributed by atoms with Crippen molar-refractivity contribution in [3.8, 4) is 12.3 Å². The number of hydrogen-bond acceptors (Lipinski definition) is 10. The number of fused-ring (bicyclic) bond motifs is 1. The summed E-state index contributed by atoms with van der Waals surface area (Å²) >= 11 is 13.7. The van der Waals surface area contributed by atoms with Gasteiger partial charge in [-0.3, -0.25) is 33.6 Å². The van der Waals surface area contributed by atoms with Crippen LogP contribution in [-0.2, 0) is 40.0 Å². The molecule has 0 unspecified atom stereocenters.